The highest BCUT2D eigenvalue weighted by Gasteiger charge is 2.22. The van der Waals surface area contributed by atoms with Crippen LogP contribution in [0.2, 0.25) is 0 Å². The van der Waals surface area contributed by atoms with Gasteiger partial charge in [-0.05, 0) is 36.8 Å². The minimum atomic E-state index is -0.575. The number of hydrogen-bond donors (Lipinski definition) is 1. The topological polar surface area (TPSA) is 76.3 Å². The van der Waals surface area contributed by atoms with E-state index in [1.54, 1.807) is 14.1 Å². The number of aromatic nitrogens is 2. The molecule has 0 aliphatic carbocycles. The molecule has 3 rings (SSSR count). The smallest absolute Gasteiger partial charge is 0.316 e. The van der Waals surface area contributed by atoms with Crippen LogP contribution in [0.5, 0.6) is 0 Å². The normalized spacial score (nSPS) is 15.4. The Hall–Kier alpha value is -2.57. The monoisotopic (exact) mass is 386 g/mol. The number of carbonyl (C=O) groups is 1. The Balaban J connectivity index is 2.16. The number of carbonyl (C=O) groups excluding carboxylic acids is 1. The van der Waals surface area contributed by atoms with E-state index in [-0.39, 0.29) is 11.8 Å². The molecular weight excluding hydrogens is 356 g/mol. The molecule has 2 heterocycles. The minimum absolute atomic E-state index is 0.0456. The average Bonchev–Trinajstić information content (AvgIpc) is 2.64. The Kier molecular flexibility index (Phi) is 5.63. The van der Waals surface area contributed by atoms with E-state index in [0.29, 0.717) is 29.1 Å². The zero-order valence-corrected chi connectivity index (χ0v) is 17.4. The number of anilines is 2. The van der Waals surface area contributed by atoms with Crippen LogP contribution in [0.15, 0.2) is 21.7 Å². The zero-order chi connectivity index (χ0) is 20.6. The van der Waals surface area contributed by atoms with Gasteiger partial charge in [0, 0.05) is 33.6 Å². The predicted octanol–water partition coefficient (Wildman–Crippen LogP) is 2.46. The molecule has 1 fully saturated rings. The summed E-state index contributed by atoms with van der Waals surface area (Å²) in [4.78, 5) is 39.2. The SMILES string of the molecule is CC(C)CC(=O)Nc1cc2c(cc1N1CCC(C)CC1)n(C)c(=O)c(=O)n2C. The fraction of sp³-hybridized carbons (Fsp3) is 0.571. The van der Waals surface area contributed by atoms with Gasteiger partial charge in [-0.2, -0.15) is 0 Å². The standard InChI is InChI=1S/C21H30N4O3/c1-13(2)10-19(26)22-15-11-17-18(24(5)21(28)20(27)23(17)4)12-16(15)25-8-6-14(3)7-9-25/h11-14H,6-10H2,1-5H3,(H,22,26). The Bertz CT molecular complexity index is 1010. The van der Waals surface area contributed by atoms with Crippen molar-refractivity contribution in [1.29, 1.82) is 0 Å². The maximum absolute atomic E-state index is 12.5. The summed E-state index contributed by atoms with van der Waals surface area (Å²) in [5.74, 6) is 0.890. The second-order valence-corrected chi connectivity index (χ2v) is 8.40. The summed E-state index contributed by atoms with van der Waals surface area (Å²) >= 11 is 0. The molecule has 0 bridgehead atoms. The van der Waals surface area contributed by atoms with E-state index in [4.69, 9.17) is 0 Å². The number of hydrogen-bond acceptors (Lipinski definition) is 4. The molecular formula is C21H30N4O3. The van der Waals surface area contributed by atoms with Gasteiger partial charge in [-0.1, -0.05) is 20.8 Å². The van der Waals surface area contributed by atoms with Crippen LogP contribution in [0.1, 0.15) is 40.0 Å². The molecule has 7 heteroatoms. The van der Waals surface area contributed by atoms with Gasteiger partial charge in [-0.3, -0.25) is 14.4 Å². The lowest BCUT2D eigenvalue weighted by atomic mass is 9.98. The molecule has 152 valence electrons. The molecule has 0 unspecified atom stereocenters. The molecule has 0 radical (unpaired) electrons. The van der Waals surface area contributed by atoms with Crippen molar-refractivity contribution in [2.75, 3.05) is 23.3 Å². The Labute approximate surface area is 165 Å². The van der Waals surface area contributed by atoms with Crippen molar-refractivity contribution in [3.05, 3.63) is 32.8 Å². The fourth-order valence-corrected chi connectivity index (χ4v) is 3.79. The van der Waals surface area contributed by atoms with Crippen LogP contribution in [0, 0.1) is 11.8 Å². The van der Waals surface area contributed by atoms with Crippen LogP contribution in [0.25, 0.3) is 11.0 Å². The first-order chi connectivity index (χ1) is 13.2. The largest absolute Gasteiger partial charge is 0.370 e. The minimum Gasteiger partial charge on any atom is -0.370 e. The average molecular weight is 386 g/mol. The van der Waals surface area contributed by atoms with Crippen molar-refractivity contribution in [1.82, 2.24) is 9.13 Å². The summed E-state index contributed by atoms with van der Waals surface area (Å²) in [6, 6.07) is 3.75. The molecule has 1 saturated heterocycles. The second kappa shape index (κ2) is 7.81. The number of fused-ring (bicyclic) bond motifs is 1. The summed E-state index contributed by atoms with van der Waals surface area (Å²) in [5, 5.41) is 3.04. The molecule has 1 aromatic carbocycles. The number of nitrogens with zero attached hydrogens (tertiary/aromatic N) is 3. The summed E-state index contributed by atoms with van der Waals surface area (Å²) in [5.41, 5.74) is 1.79. The highest BCUT2D eigenvalue weighted by molar-refractivity contribution is 5.98. The van der Waals surface area contributed by atoms with Crippen molar-refractivity contribution in [3.63, 3.8) is 0 Å². The second-order valence-electron chi connectivity index (χ2n) is 8.40. The highest BCUT2D eigenvalue weighted by Crippen LogP contribution is 2.33. The highest BCUT2D eigenvalue weighted by atomic mass is 16.2. The van der Waals surface area contributed by atoms with Gasteiger partial charge in [0.2, 0.25) is 5.91 Å². The van der Waals surface area contributed by atoms with Crippen molar-refractivity contribution < 1.29 is 4.79 Å². The van der Waals surface area contributed by atoms with E-state index in [1.165, 1.54) is 9.13 Å². The molecule has 28 heavy (non-hydrogen) atoms. The lowest BCUT2D eigenvalue weighted by Crippen LogP contribution is -2.39. The van der Waals surface area contributed by atoms with Crippen molar-refractivity contribution in [3.8, 4) is 0 Å². The van der Waals surface area contributed by atoms with Crippen LogP contribution in [0.4, 0.5) is 11.4 Å². The third kappa shape index (κ3) is 3.84. The van der Waals surface area contributed by atoms with Crippen LogP contribution in [-0.2, 0) is 18.9 Å². The molecule has 1 aliphatic rings. The van der Waals surface area contributed by atoms with E-state index in [9.17, 15) is 14.4 Å². The zero-order valence-electron chi connectivity index (χ0n) is 17.4. The van der Waals surface area contributed by atoms with E-state index in [1.807, 2.05) is 26.0 Å². The number of nitrogens with one attached hydrogen (secondary N) is 1. The third-order valence-electron chi connectivity index (χ3n) is 5.60. The summed E-state index contributed by atoms with van der Waals surface area (Å²) in [6.07, 6.45) is 2.61. The van der Waals surface area contributed by atoms with Crippen LogP contribution < -0.4 is 21.3 Å². The van der Waals surface area contributed by atoms with Crippen LogP contribution in [0.3, 0.4) is 0 Å². The molecule has 2 aromatic rings. The van der Waals surface area contributed by atoms with Gasteiger partial charge in [0.25, 0.3) is 0 Å². The Morgan fingerprint density at radius 1 is 1.07 bits per heavy atom. The van der Waals surface area contributed by atoms with Crippen LogP contribution in [-0.4, -0.2) is 28.1 Å². The molecule has 0 spiro atoms. The Morgan fingerprint density at radius 3 is 2.14 bits per heavy atom. The number of benzene rings is 1. The molecule has 1 amide bonds. The van der Waals surface area contributed by atoms with Crippen molar-refractivity contribution in [2.24, 2.45) is 25.9 Å². The molecule has 1 aromatic heterocycles. The molecule has 0 saturated carbocycles. The number of aryl methyl sites for hydroxylation is 2. The van der Waals surface area contributed by atoms with Gasteiger partial charge in [0.05, 0.1) is 22.4 Å². The van der Waals surface area contributed by atoms with E-state index in [0.717, 1.165) is 31.6 Å². The van der Waals surface area contributed by atoms with E-state index in [2.05, 4.69) is 17.1 Å². The number of amides is 1. The van der Waals surface area contributed by atoms with Gasteiger partial charge in [-0.15, -0.1) is 0 Å². The van der Waals surface area contributed by atoms with Gasteiger partial charge >= 0.3 is 11.1 Å². The molecule has 7 nitrogen and oxygen atoms in total. The van der Waals surface area contributed by atoms with Gasteiger partial charge in [0.1, 0.15) is 0 Å². The summed E-state index contributed by atoms with van der Waals surface area (Å²) in [6.45, 7) is 8.07. The maximum atomic E-state index is 12.5. The van der Waals surface area contributed by atoms with Crippen molar-refractivity contribution >= 4 is 28.3 Å². The lowest BCUT2D eigenvalue weighted by Gasteiger charge is -2.34. The Morgan fingerprint density at radius 2 is 1.61 bits per heavy atom. The van der Waals surface area contributed by atoms with Crippen molar-refractivity contribution in [2.45, 2.75) is 40.0 Å². The lowest BCUT2D eigenvalue weighted by molar-refractivity contribution is -0.116. The first-order valence-electron chi connectivity index (χ1n) is 9.97. The maximum Gasteiger partial charge on any atom is 0.316 e. The van der Waals surface area contributed by atoms with Gasteiger partial charge in [-0.25, -0.2) is 0 Å². The molecule has 1 N–H and O–H groups in total. The first kappa shape index (κ1) is 20.2. The fourth-order valence-electron chi connectivity index (χ4n) is 3.79. The van der Waals surface area contributed by atoms with Gasteiger partial charge < -0.3 is 19.4 Å². The summed E-state index contributed by atoms with van der Waals surface area (Å²) in [7, 11) is 3.21. The summed E-state index contributed by atoms with van der Waals surface area (Å²) < 4.78 is 2.76. The quantitative estimate of drug-likeness (QED) is 0.819. The van der Waals surface area contributed by atoms with E-state index < -0.39 is 11.1 Å². The van der Waals surface area contributed by atoms with Crippen LogP contribution >= 0.6 is 0 Å². The first-order valence-corrected chi connectivity index (χ1v) is 9.97. The third-order valence-corrected chi connectivity index (χ3v) is 5.60. The number of piperidine rings is 1. The number of rotatable bonds is 4. The molecule has 0 atom stereocenters. The van der Waals surface area contributed by atoms with E-state index >= 15 is 0 Å². The molecule has 1 aliphatic heterocycles. The van der Waals surface area contributed by atoms with Gasteiger partial charge in [0.15, 0.2) is 0 Å². The predicted molar refractivity (Wildman–Crippen MR) is 113 cm³/mol.